The van der Waals surface area contributed by atoms with Crippen molar-refractivity contribution in [2.24, 2.45) is 0 Å². The van der Waals surface area contributed by atoms with E-state index in [9.17, 15) is 9.59 Å². The van der Waals surface area contributed by atoms with E-state index in [1.54, 1.807) is 17.8 Å². The third-order valence-corrected chi connectivity index (χ3v) is 3.93. The molecule has 0 N–H and O–H groups in total. The summed E-state index contributed by atoms with van der Waals surface area (Å²) in [6.07, 6.45) is 0.893. The molecular weight excluding hydrogens is 352 g/mol. The number of hydrogen-bond donors (Lipinski definition) is 0. The van der Waals surface area contributed by atoms with Crippen LogP contribution in [0.4, 0.5) is 0 Å². The van der Waals surface area contributed by atoms with Crippen LogP contribution in [-0.4, -0.2) is 64.4 Å². The lowest BCUT2D eigenvalue weighted by Gasteiger charge is -2.23. The minimum absolute atomic E-state index is 0.189. The van der Waals surface area contributed by atoms with E-state index in [0.717, 1.165) is 5.69 Å². The van der Waals surface area contributed by atoms with Gasteiger partial charge >= 0.3 is 5.97 Å². The normalized spacial score (nSPS) is 14.3. The van der Waals surface area contributed by atoms with E-state index in [0.29, 0.717) is 18.9 Å². The number of benzene rings is 1. The summed E-state index contributed by atoms with van der Waals surface area (Å²) < 4.78 is 17.3. The van der Waals surface area contributed by atoms with Crippen LogP contribution in [0.5, 0.6) is 0 Å². The van der Waals surface area contributed by atoms with Crippen LogP contribution in [0.3, 0.4) is 0 Å². The maximum atomic E-state index is 12.6. The molecule has 0 aliphatic carbocycles. The van der Waals surface area contributed by atoms with E-state index in [2.05, 4.69) is 10.3 Å². The monoisotopic (exact) mass is 374 g/mol. The summed E-state index contributed by atoms with van der Waals surface area (Å²) in [5.74, 6) is -0.935. The second kappa shape index (κ2) is 9.24. The van der Waals surface area contributed by atoms with E-state index >= 15 is 0 Å². The Morgan fingerprint density at radius 3 is 2.70 bits per heavy atom. The minimum atomic E-state index is -0.561. The van der Waals surface area contributed by atoms with Crippen molar-refractivity contribution in [1.29, 1.82) is 0 Å². The lowest BCUT2D eigenvalue weighted by molar-refractivity contribution is -0.151. The Balaban J connectivity index is 1.69. The SMILES string of the molecule is CCOC(=O)CC(=O)N(Cc1cn(-c2ccccc2)nn1)CC1OCCO1. The third kappa shape index (κ3) is 5.35. The third-order valence-electron chi connectivity index (χ3n) is 3.93. The fourth-order valence-electron chi connectivity index (χ4n) is 2.67. The first kappa shape index (κ1) is 19.0. The first-order chi connectivity index (χ1) is 13.2. The van der Waals surface area contributed by atoms with Gasteiger partial charge in [-0.05, 0) is 19.1 Å². The van der Waals surface area contributed by atoms with E-state index in [1.807, 2.05) is 30.3 Å². The van der Waals surface area contributed by atoms with Crippen molar-refractivity contribution in [2.75, 3.05) is 26.4 Å². The van der Waals surface area contributed by atoms with Gasteiger partial charge < -0.3 is 19.1 Å². The number of hydrogen-bond acceptors (Lipinski definition) is 7. The number of amides is 1. The van der Waals surface area contributed by atoms with Crippen molar-refractivity contribution >= 4 is 11.9 Å². The van der Waals surface area contributed by atoms with Crippen LogP contribution in [0.1, 0.15) is 19.0 Å². The van der Waals surface area contributed by atoms with Gasteiger partial charge in [0.15, 0.2) is 6.29 Å². The van der Waals surface area contributed by atoms with Gasteiger partial charge in [0.25, 0.3) is 0 Å². The van der Waals surface area contributed by atoms with Crippen LogP contribution in [0.15, 0.2) is 36.5 Å². The molecule has 0 atom stereocenters. The summed E-state index contributed by atoms with van der Waals surface area (Å²) in [4.78, 5) is 25.7. The summed E-state index contributed by atoms with van der Waals surface area (Å²) >= 11 is 0. The van der Waals surface area contributed by atoms with Crippen LogP contribution in [0, 0.1) is 0 Å². The number of carbonyl (C=O) groups excluding carboxylic acids is 2. The molecule has 3 rings (SSSR count). The molecule has 1 aliphatic rings. The lowest BCUT2D eigenvalue weighted by Crippen LogP contribution is -2.38. The fourth-order valence-corrected chi connectivity index (χ4v) is 2.67. The molecule has 1 amide bonds. The molecule has 0 radical (unpaired) electrons. The van der Waals surface area contributed by atoms with E-state index < -0.39 is 12.3 Å². The molecule has 2 heterocycles. The number of carbonyl (C=O) groups is 2. The molecule has 1 fully saturated rings. The number of para-hydroxylation sites is 1. The zero-order chi connectivity index (χ0) is 19.1. The standard InChI is InChI=1S/C18H22N4O5/c1-2-25-17(24)10-16(23)21(13-18-26-8-9-27-18)11-14-12-22(20-19-14)15-6-4-3-5-7-15/h3-7,12,18H,2,8-11,13H2,1H3. The zero-order valence-corrected chi connectivity index (χ0v) is 15.1. The average molecular weight is 374 g/mol. The second-order valence-electron chi connectivity index (χ2n) is 5.92. The quantitative estimate of drug-likeness (QED) is 0.501. The molecule has 1 aromatic heterocycles. The van der Waals surface area contributed by atoms with Crippen molar-refractivity contribution < 1.29 is 23.8 Å². The molecule has 2 aromatic rings. The highest BCUT2D eigenvalue weighted by atomic mass is 16.7. The number of nitrogens with zero attached hydrogens (tertiary/aromatic N) is 4. The Kier molecular flexibility index (Phi) is 6.50. The lowest BCUT2D eigenvalue weighted by atomic mass is 10.3. The summed E-state index contributed by atoms with van der Waals surface area (Å²) in [5.41, 5.74) is 1.46. The second-order valence-corrected chi connectivity index (χ2v) is 5.92. The molecule has 0 saturated carbocycles. The Hall–Kier alpha value is -2.78. The van der Waals surface area contributed by atoms with Gasteiger partial charge in [0.1, 0.15) is 12.1 Å². The predicted octanol–water partition coefficient (Wildman–Crippen LogP) is 0.922. The number of ether oxygens (including phenoxy) is 3. The van der Waals surface area contributed by atoms with Gasteiger partial charge in [0.2, 0.25) is 5.91 Å². The highest BCUT2D eigenvalue weighted by molar-refractivity contribution is 5.94. The molecule has 0 spiro atoms. The Bertz CT molecular complexity index is 758. The molecule has 0 unspecified atom stereocenters. The highest BCUT2D eigenvalue weighted by Crippen LogP contribution is 2.12. The molecule has 1 aromatic carbocycles. The molecule has 1 saturated heterocycles. The van der Waals surface area contributed by atoms with Crippen molar-refractivity contribution in [3.05, 3.63) is 42.2 Å². The van der Waals surface area contributed by atoms with Crippen molar-refractivity contribution in [2.45, 2.75) is 26.2 Å². The van der Waals surface area contributed by atoms with Gasteiger partial charge in [-0.15, -0.1) is 5.10 Å². The Morgan fingerprint density at radius 1 is 1.26 bits per heavy atom. The Morgan fingerprint density at radius 2 is 2.00 bits per heavy atom. The topological polar surface area (TPSA) is 95.8 Å². The van der Waals surface area contributed by atoms with Gasteiger partial charge in [-0.1, -0.05) is 23.4 Å². The summed E-state index contributed by atoms with van der Waals surface area (Å²) in [6, 6.07) is 9.53. The van der Waals surface area contributed by atoms with Crippen LogP contribution in [0.2, 0.25) is 0 Å². The smallest absolute Gasteiger partial charge is 0.315 e. The Labute approximate surface area is 156 Å². The molecular formula is C18H22N4O5. The largest absolute Gasteiger partial charge is 0.466 e. The van der Waals surface area contributed by atoms with Gasteiger partial charge in [-0.3, -0.25) is 9.59 Å². The van der Waals surface area contributed by atoms with Crippen molar-refractivity contribution in [3.63, 3.8) is 0 Å². The van der Waals surface area contributed by atoms with Crippen LogP contribution in [0.25, 0.3) is 5.69 Å². The van der Waals surface area contributed by atoms with Gasteiger partial charge in [0, 0.05) is 0 Å². The fraction of sp³-hybridized carbons (Fsp3) is 0.444. The number of rotatable bonds is 8. The van der Waals surface area contributed by atoms with Gasteiger partial charge in [-0.25, -0.2) is 4.68 Å². The van der Waals surface area contributed by atoms with Crippen molar-refractivity contribution in [1.82, 2.24) is 19.9 Å². The molecule has 0 bridgehead atoms. The van der Waals surface area contributed by atoms with E-state index in [-0.39, 0.29) is 32.0 Å². The summed E-state index contributed by atoms with van der Waals surface area (Å²) in [6.45, 7) is 3.28. The molecule has 1 aliphatic heterocycles. The van der Waals surface area contributed by atoms with Crippen LogP contribution < -0.4 is 0 Å². The number of esters is 1. The molecule has 9 heteroatoms. The van der Waals surface area contributed by atoms with Crippen LogP contribution >= 0.6 is 0 Å². The number of aromatic nitrogens is 3. The summed E-state index contributed by atoms with van der Waals surface area (Å²) in [7, 11) is 0. The zero-order valence-electron chi connectivity index (χ0n) is 15.1. The van der Waals surface area contributed by atoms with Crippen molar-refractivity contribution in [3.8, 4) is 5.69 Å². The van der Waals surface area contributed by atoms with Gasteiger partial charge in [-0.2, -0.15) is 0 Å². The molecule has 9 nitrogen and oxygen atoms in total. The maximum Gasteiger partial charge on any atom is 0.315 e. The molecule has 144 valence electrons. The minimum Gasteiger partial charge on any atom is -0.466 e. The summed E-state index contributed by atoms with van der Waals surface area (Å²) in [5, 5.41) is 8.22. The van der Waals surface area contributed by atoms with E-state index in [4.69, 9.17) is 14.2 Å². The average Bonchev–Trinajstić information content (AvgIpc) is 3.34. The van der Waals surface area contributed by atoms with Gasteiger partial charge in [0.05, 0.1) is 44.8 Å². The molecule has 27 heavy (non-hydrogen) atoms. The van der Waals surface area contributed by atoms with Crippen LogP contribution in [-0.2, 0) is 30.3 Å². The first-order valence-electron chi connectivity index (χ1n) is 8.79. The first-order valence-corrected chi connectivity index (χ1v) is 8.79. The maximum absolute atomic E-state index is 12.6. The highest BCUT2D eigenvalue weighted by Gasteiger charge is 2.26. The predicted molar refractivity (Wildman–Crippen MR) is 93.7 cm³/mol. The van der Waals surface area contributed by atoms with E-state index in [1.165, 1.54) is 4.90 Å².